The summed E-state index contributed by atoms with van der Waals surface area (Å²) in [4.78, 5) is 11.3. The molecular weight excluding hydrogens is 264 g/mol. The lowest BCUT2D eigenvalue weighted by molar-refractivity contribution is 0.0600. The van der Waals surface area contributed by atoms with Crippen LogP contribution in [0.2, 0.25) is 0 Å². The van der Waals surface area contributed by atoms with Gasteiger partial charge >= 0.3 is 5.97 Å². The van der Waals surface area contributed by atoms with E-state index in [9.17, 15) is 4.79 Å². The topological polar surface area (TPSA) is 35.5 Å². The van der Waals surface area contributed by atoms with Crippen molar-refractivity contribution in [2.24, 2.45) is 0 Å². The lowest BCUT2D eigenvalue weighted by atomic mass is 10.2. The van der Waals surface area contributed by atoms with Crippen molar-refractivity contribution >= 4 is 5.97 Å². The predicted octanol–water partition coefficient (Wildman–Crippen LogP) is 4.77. The van der Waals surface area contributed by atoms with Gasteiger partial charge in [0, 0.05) is 0 Å². The molecule has 0 aromatic heterocycles. The first-order valence-electron chi connectivity index (χ1n) is 7.74. The lowest BCUT2D eigenvalue weighted by Crippen LogP contribution is -2.01. The molecule has 0 N–H and O–H groups in total. The van der Waals surface area contributed by atoms with E-state index in [1.54, 1.807) is 24.3 Å². The zero-order valence-corrected chi connectivity index (χ0v) is 13.1. The van der Waals surface area contributed by atoms with Crippen LogP contribution in [0, 0.1) is 0 Å². The quantitative estimate of drug-likeness (QED) is 0.354. The number of esters is 1. The van der Waals surface area contributed by atoms with Crippen LogP contribution in [0.3, 0.4) is 0 Å². The first kappa shape index (κ1) is 17.3. The molecule has 0 aliphatic heterocycles. The Labute approximate surface area is 128 Å². The number of hydrogen-bond acceptors (Lipinski definition) is 3. The predicted molar refractivity (Wildman–Crippen MR) is 85.8 cm³/mol. The first-order chi connectivity index (χ1) is 10.3. The highest BCUT2D eigenvalue weighted by molar-refractivity contribution is 5.89. The van der Waals surface area contributed by atoms with E-state index in [-0.39, 0.29) is 5.97 Å². The summed E-state index contributed by atoms with van der Waals surface area (Å²) in [6.45, 7) is 2.91. The van der Waals surface area contributed by atoms with Gasteiger partial charge in [0.15, 0.2) is 0 Å². The van der Waals surface area contributed by atoms with Gasteiger partial charge in [0.25, 0.3) is 0 Å². The van der Waals surface area contributed by atoms with Crippen molar-refractivity contribution < 1.29 is 14.3 Å². The highest BCUT2D eigenvalue weighted by Gasteiger charge is 2.04. The molecule has 0 amide bonds. The van der Waals surface area contributed by atoms with Crippen LogP contribution >= 0.6 is 0 Å². The monoisotopic (exact) mass is 290 g/mol. The van der Waals surface area contributed by atoms with Crippen LogP contribution in [0.25, 0.3) is 0 Å². The molecule has 0 bridgehead atoms. The fraction of sp³-hybridized carbons (Fsp3) is 0.500. The Morgan fingerprint density at radius 3 is 2.33 bits per heavy atom. The zero-order valence-electron chi connectivity index (χ0n) is 13.1. The van der Waals surface area contributed by atoms with Crippen molar-refractivity contribution in [2.75, 3.05) is 13.7 Å². The molecule has 3 nitrogen and oxygen atoms in total. The fourth-order valence-corrected chi connectivity index (χ4v) is 1.94. The smallest absolute Gasteiger partial charge is 0.337 e. The molecule has 1 aromatic carbocycles. The van der Waals surface area contributed by atoms with Crippen molar-refractivity contribution in [3.63, 3.8) is 0 Å². The van der Waals surface area contributed by atoms with Gasteiger partial charge in [-0.05, 0) is 49.9 Å². The summed E-state index contributed by atoms with van der Waals surface area (Å²) < 4.78 is 10.3. The lowest BCUT2D eigenvalue weighted by Gasteiger charge is -2.05. The highest BCUT2D eigenvalue weighted by Crippen LogP contribution is 2.13. The largest absolute Gasteiger partial charge is 0.494 e. The Bertz CT molecular complexity index is 421. The molecule has 0 aliphatic rings. The SMILES string of the molecule is CCCCC/C=C/CCCOc1ccc(C(=O)OC)cc1. The van der Waals surface area contributed by atoms with E-state index in [4.69, 9.17) is 4.74 Å². The summed E-state index contributed by atoms with van der Waals surface area (Å²) in [7, 11) is 1.38. The van der Waals surface area contributed by atoms with Gasteiger partial charge in [-0.1, -0.05) is 31.9 Å². The maximum absolute atomic E-state index is 11.3. The molecule has 21 heavy (non-hydrogen) atoms. The summed E-state index contributed by atoms with van der Waals surface area (Å²) in [5, 5.41) is 0. The van der Waals surface area contributed by atoms with E-state index < -0.39 is 0 Å². The van der Waals surface area contributed by atoms with Gasteiger partial charge < -0.3 is 9.47 Å². The third-order valence-corrected chi connectivity index (χ3v) is 3.20. The van der Waals surface area contributed by atoms with Crippen LogP contribution in [-0.4, -0.2) is 19.7 Å². The molecule has 0 radical (unpaired) electrons. The average Bonchev–Trinajstić information content (AvgIpc) is 2.53. The number of hydrogen-bond donors (Lipinski definition) is 0. The molecule has 1 aromatic rings. The second kappa shape index (κ2) is 11.0. The minimum atomic E-state index is -0.324. The molecule has 0 saturated carbocycles. The highest BCUT2D eigenvalue weighted by atomic mass is 16.5. The van der Waals surface area contributed by atoms with E-state index in [0.29, 0.717) is 12.2 Å². The molecule has 0 unspecified atom stereocenters. The van der Waals surface area contributed by atoms with Crippen LogP contribution in [0.15, 0.2) is 36.4 Å². The summed E-state index contributed by atoms with van der Waals surface area (Å²) >= 11 is 0. The minimum absolute atomic E-state index is 0.324. The normalized spacial score (nSPS) is 10.8. The van der Waals surface area contributed by atoms with Crippen LogP contribution < -0.4 is 4.74 Å². The van der Waals surface area contributed by atoms with Crippen LogP contribution in [-0.2, 0) is 4.74 Å². The Kier molecular flexibility index (Phi) is 9.01. The number of benzene rings is 1. The first-order valence-corrected chi connectivity index (χ1v) is 7.74. The molecule has 0 aliphatic carbocycles. The van der Waals surface area contributed by atoms with Gasteiger partial charge in [0.05, 0.1) is 19.3 Å². The molecule has 1 rings (SSSR count). The molecule has 3 heteroatoms. The fourth-order valence-electron chi connectivity index (χ4n) is 1.94. The summed E-state index contributed by atoms with van der Waals surface area (Å²) in [6.07, 6.45) is 11.6. The van der Waals surface area contributed by atoms with Gasteiger partial charge in [0.1, 0.15) is 5.75 Å². The van der Waals surface area contributed by atoms with Crippen molar-refractivity contribution in [1.29, 1.82) is 0 Å². The third kappa shape index (κ3) is 7.54. The van der Waals surface area contributed by atoms with E-state index in [2.05, 4.69) is 23.8 Å². The van der Waals surface area contributed by atoms with Crippen molar-refractivity contribution in [3.8, 4) is 5.75 Å². The summed E-state index contributed by atoms with van der Waals surface area (Å²) in [6, 6.07) is 7.03. The van der Waals surface area contributed by atoms with Crippen LogP contribution in [0.5, 0.6) is 5.75 Å². The maximum atomic E-state index is 11.3. The van der Waals surface area contributed by atoms with Gasteiger partial charge in [-0.25, -0.2) is 4.79 Å². The molecular formula is C18H26O3. The standard InChI is InChI=1S/C18H26O3/c1-3-4-5-6-7-8-9-10-15-21-17-13-11-16(12-14-17)18(19)20-2/h7-8,11-14H,3-6,9-10,15H2,1-2H3/b8-7+. The maximum Gasteiger partial charge on any atom is 0.337 e. The van der Waals surface area contributed by atoms with Crippen molar-refractivity contribution in [1.82, 2.24) is 0 Å². The molecule has 0 saturated heterocycles. The van der Waals surface area contributed by atoms with Gasteiger partial charge in [0.2, 0.25) is 0 Å². The number of carbonyl (C=O) groups is 1. The third-order valence-electron chi connectivity index (χ3n) is 3.20. The summed E-state index contributed by atoms with van der Waals surface area (Å²) in [5.41, 5.74) is 0.542. The number of methoxy groups -OCH3 is 1. The Balaban J connectivity index is 2.14. The Morgan fingerprint density at radius 1 is 1.05 bits per heavy atom. The van der Waals surface area contributed by atoms with E-state index in [1.165, 1.54) is 32.8 Å². The number of ether oxygens (including phenoxy) is 2. The van der Waals surface area contributed by atoms with Gasteiger partial charge in [-0.2, -0.15) is 0 Å². The second-order valence-electron chi connectivity index (χ2n) is 4.97. The van der Waals surface area contributed by atoms with E-state index in [0.717, 1.165) is 18.6 Å². The van der Waals surface area contributed by atoms with Crippen LogP contribution in [0.1, 0.15) is 55.8 Å². The molecule has 0 heterocycles. The molecule has 0 atom stereocenters. The van der Waals surface area contributed by atoms with Crippen LogP contribution in [0.4, 0.5) is 0 Å². The van der Waals surface area contributed by atoms with Gasteiger partial charge in [-0.15, -0.1) is 0 Å². The number of unbranched alkanes of at least 4 members (excludes halogenated alkanes) is 4. The van der Waals surface area contributed by atoms with E-state index in [1.807, 2.05) is 0 Å². The Morgan fingerprint density at radius 2 is 1.71 bits per heavy atom. The number of carbonyl (C=O) groups excluding carboxylic acids is 1. The second-order valence-corrected chi connectivity index (χ2v) is 4.97. The average molecular weight is 290 g/mol. The van der Waals surface area contributed by atoms with Gasteiger partial charge in [-0.3, -0.25) is 0 Å². The molecule has 116 valence electrons. The van der Waals surface area contributed by atoms with Crippen molar-refractivity contribution in [2.45, 2.75) is 45.4 Å². The minimum Gasteiger partial charge on any atom is -0.494 e. The summed E-state index contributed by atoms with van der Waals surface area (Å²) in [5.74, 6) is 0.462. The number of allylic oxidation sites excluding steroid dienone is 2. The number of rotatable bonds is 10. The zero-order chi connectivity index (χ0) is 15.3. The molecule has 0 fully saturated rings. The molecule has 0 spiro atoms. The van der Waals surface area contributed by atoms with Crippen molar-refractivity contribution in [3.05, 3.63) is 42.0 Å². The Hall–Kier alpha value is -1.77. The van der Waals surface area contributed by atoms with E-state index >= 15 is 0 Å².